The second-order valence-corrected chi connectivity index (χ2v) is 2.83. The van der Waals surface area contributed by atoms with E-state index in [1.54, 1.807) is 0 Å². The molecule has 0 aliphatic carbocycles. The van der Waals surface area contributed by atoms with Gasteiger partial charge in [0.2, 0.25) is 0 Å². The Balaban J connectivity index is 3.24. The van der Waals surface area contributed by atoms with Crippen LogP contribution in [-0.4, -0.2) is 21.3 Å². The summed E-state index contributed by atoms with van der Waals surface area (Å²) in [4.78, 5) is 4.19. The number of rotatable bonds is 1. The number of hydrogen-bond acceptors (Lipinski definition) is 3. The van der Waals surface area contributed by atoms with Gasteiger partial charge in [0.1, 0.15) is 0 Å². The Labute approximate surface area is 84.1 Å². The van der Waals surface area contributed by atoms with Crippen LogP contribution in [-0.2, 0) is 6.18 Å². The average Bonchev–Trinajstić information content (AvgIpc) is 2.43. The van der Waals surface area contributed by atoms with Crippen molar-refractivity contribution in [2.45, 2.75) is 18.5 Å². The highest BCUT2D eigenvalue weighted by Gasteiger charge is 2.47. The van der Waals surface area contributed by atoms with Crippen molar-refractivity contribution in [2.75, 3.05) is 5.73 Å². The number of hydrogen-bond donors (Lipinski definition) is 3. The first-order valence-corrected chi connectivity index (χ1v) is 3.71. The van der Waals surface area contributed by atoms with Crippen LogP contribution in [0.3, 0.4) is 0 Å². The summed E-state index contributed by atoms with van der Waals surface area (Å²) in [6.45, 7) is 0. The average molecular weight is 249 g/mol. The van der Waals surface area contributed by atoms with E-state index >= 15 is 0 Å². The zero-order chi connectivity index (χ0) is 12.7. The minimum absolute atomic E-state index is 0.856. The molecule has 92 valence electrons. The fraction of sp³-hybridized carbons (Fsp3) is 0.500. The monoisotopic (exact) mass is 249 g/mol. The van der Waals surface area contributed by atoms with Gasteiger partial charge in [-0.25, -0.2) is 4.98 Å². The van der Waals surface area contributed by atoms with E-state index in [2.05, 4.69) is 4.98 Å². The quantitative estimate of drug-likeness (QED) is 0.662. The molecule has 0 fully saturated rings. The van der Waals surface area contributed by atoms with Crippen molar-refractivity contribution in [1.29, 1.82) is 0 Å². The molecule has 4 nitrogen and oxygen atoms in total. The number of aromatic amines is 1. The van der Waals surface area contributed by atoms with E-state index in [1.165, 1.54) is 4.98 Å². The first-order chi connectivity index (χ1) is 7.03. The number of aliphatic hydroxyl groups is 1. The minimum atomic E-state index is -5.24. The molecular formula is C6H5F6N3O. The number of H-pyrrole nitrogens is 1. The van der Waals surface area contributed by atoms with Crippen molar-refractivity contribution >= 4 is 5.95 Å². The summed E-state index contributed by atoms with van der Waals surface area (Å²) in [5.74, 6) is -0.856. The number of nitrogens with two attached hydrogens (primary N) is 1. The molecule has 0 saturated carbocycles. The zero-order valence-corrected chi connectivity index (χ0v) is 7.32. The van der Waals surface area contributed by atoms with Crippen molar-refractivity contribution in [3.8, 4) is 0 Å². The smallest absolute Gasteiger partial charge is 0.378 e. The number of imidazole rings is 1. The number of halogens is 6. The first kappa shape index (κ1) is 12.6. The Hall–Kier alpha value is -1.45. The predicted molar refractivity (Wildman–Crippen MR) is 39.0 cm³/mol. The molecule has 0 amide bonds. The summed E-state index contributed by atoms with van der Waals surface area (Å²) in [5.41, 5.74) is 1.42. The molecule has 4 N–H and O–H groups in total. The van der Waals surface area contributed by atoms with Crippen LogP contribution in [0.25, 0.3) is 0 Å². The maximum absolute atomic E-state index is 12.2. The van der Waals surface area contributed by atoms with Gasteiger partial charge in [-0.15, -0.1) is 0 Å². The van der Waals surface area contributed by atoms with Gasteiger partial charge in [-0.3, -0.25) is 0 Å². The lowest BCUT2D eigenvalue weighted by Gasteiger charge is -2.15. The van der Waals surface area contributed by atoms with Crippen LogP contribution in [0.15, 0.2) is 0 Å². The summed E-state index contributed by atoms with van der Waals surface area (Å²) in [6.07, 6.45) is -13.7. The number of aromatic nitrogens is 2. The Morgan fingerprint density at radius 3 is 2.06 bits per heavy atom. The van der Waals surface area contributed by atoms with Crippen molar-refractivity contribution in [1.82, 2.24) is 9.97 Å². The van der Waals surface area contributed by atoms with Crippen molar-refractivity contribution in [3.63, 3.8) is 0 Å². The highest BCUT2D eigenvalue weighted by atomic mass is 19.4. The fourth-order valence-electron chi connectivity index (χ4n) is 0.983. The number of nitrogens with one attached hydrogen (secondary N) is 1. The summed E-state index contributed by atoms with van der Waals surface area (Å²) in [5, 5.41) is 8.66. The van der Waals surface area contributed by atoms with E-state index in [0.717, 1.165) is 0 Å². The fourth-order valence-corrected chi connectivity index (χ4v) is 0.983. The molecule has 0 radical (unpaired) electrons. The van der Waals surface area contributed by atoms with Crippen LogP contribution >= 0.6 is 0 Å². The Bertz CT molecular complexity index is 381. The van der Waals surface area contributed by atoms with E-state index < -0.39 is 35.8 Å². The highest BCUT2D eigenvalue weighted by Crippen LogP contribution is 2.39. The molecule has 0 bridgehead atoms. The Kier molecular flexibility index (Phi) is 2.79. The van der Waals surface area contributed by atoms with Gasteiger partial charge in [0.25, 0.3) is 0 Å². The first-order valence-electron chi connectivity index (χ1n) is 3.71. The largest absolute Gasteiger partial charge is 0.435 e. The Morgan fingerprint density at radius 1 is 1.19 bits per heavy atom. The zero-order valence-electron chi connectivity index (χ0n) is 7.32. The molecule has 1 rings (SSSR count). The lowest BCUT2D eigenvalue weighted by molar-refractivity contribution is -0.210. The molecule has 0 aliphatic rings. The second kappa shape index (κ2) is 3.54. The van der Waals surface area contributed by atoms with Crippen LogP contribution in [0.1, 0.15) is 17.5 Å². The number of anilines is 1. The molecule has 0 aromatic carbocycles. The number of nitrogens with zero attached hydrogens (tertiary/aromatic N) is 1. The molecule has 1 aromatic heterocycles. The maximum atomic E-state index is 12.2. The lowest BCUT2D eigenvalue weighted by atomic mass is 10.2. The molecule has 16 heavy (non-hydrogen) atoms. The van der Waals surface area contributed by atoms with Crippen molar-refractivity contribution in [3.05, 3.63) is 11.4 Å². The van der Waals surface area contributed by atoms with Gasteiger partial charge in [-0.2, -0.15) is 26.3 Å². The summed E-state index contributed by atoms with van der Waals surface area (Å²) in [6, 6.07) is 0. The molecule has 1 aromatic rings. The summed E-state index contributed by atoms with van der Waals surface area (Å²) in [7, 11) is 0. The van der Waals surface area contributed by atoms with Crippen molar-refractivity contribution in [2.24, 2.45) is 0 Å². The molecule has 0 aliphatic heterocycles. The van der Waals surface area contributed by atoms with Gasteiger partial charge in [0, 0.05) is 0 Å². The van der Waals surface area contributed by atoms with Gasteiger partial charge in [-0.05, 0) is 0 Å². The van der Waals surface area contributed by atoms with Gasteiger partial charge < -0.3 is 15.8 Å². The molecule has 0 saturated heterocycles. The van der Waals surface area contributed by atoms with Crippen LogP contribution < -0.4 is 5.73 Å². The van der Waals surface area contributed by atoms with E-state index in [1.807, 2.05) is 0 Å². The lowest BCUT2D eigenvalue weighted by Crippen LogP contribution is -2.23. The van der Waals surface area contributed by atoms with Crippen LogP contribution in [0, 0.1) is 0 Å². The molecule has 0 spiro atoms. The van der Waals surface area contributed by atoms with E-state index in [0.29, 0.717) is 0 Å². The van der Waals surface area contributed by atoms with Crippen LogP contribution in [0.5, 0.6) is 0 Å². The third-order valence-electron chi connectivity index (χ3n) is 1.60. The number of alkyl halides is 6. The third-order valence-corrected chi connectivity index (χ3v) is 1.60. The van der Waals surface area contributed by atoms with E-state index in [-0.39, 0.29) is 0 Å². The maximum Gasteiger partial charge on any atom is 0.435 e. The van der Waals surface area contributed by atoms with Crippen LogP contribution in [0.2, 0.25) is 0 Å². The SMILES string of the molecule is Nc1nc(C(F)(F)F)c(C(O)C(F)(F)F)[nH]1. The normalized spacial score (nSPS) is 15.2. The Morgan fingerprint density at radius 2 is 1.69 bits per heavy atom. The molecular weight excluding hydrogens is 244 g/mol. The number of aliphatic hydroxyl groups excluding tert-OH is 1. The van der Waals surface area contributed by atoms with Crippen LogP contribution in [0.4, 0.5) is 32.3 Å². The summed E-state index contributed by atoms with van der Waals surface area (Å²) < 4.78 is 72.6. The molecule has 1 heterocycles. The van der Waals surface area contributed by atoms with Crippen molar-refractivity contribution < 1.29 is 31.4 Å². The topological polar surface area (TPSA) is 74.9 Å². The van der Waals surface area contributed by atoms with Gasteiger partial charge in [0.15, 0.2) is 17.7 Å². The molecule has 10 heteroatoms. The van der Waals surface area contributed by atoms with E-state index in [9.17, 15) is 26.3 Å². The molecule has 1 unspecified atom stereocenters. The predicted octanol–water partition coefficient (Wildman–Crippen LogP) is 1.61. The highest BCUT2D eigenvalue weighted by molar-refractivity contribution is 5.30. The number of nitrogen functional groups attached to an aromatic ring is 1. The molecule has 1 atom stereocenters. The third kappa shape index (κ3) is 2.38. The standard InChI is InChI=1S/C6H5F6N3O/c7-5(8,9)2-1(14-4(13)15-2)3(16)6(10,11)12/h3,16H,(H3,13,14,15). The van der Waals surface area contributed by atoms with E-state index in [4.69, 9.17) is 10.8 Å². The van der Waals surface area contributed by atoms with Gasteiger partial charge in [-0.1, -0.05) is 0 Å². The second-order valence-electron chi connectivity index (χ2n) is 2.83. The summed E-state index contributed by atoms with van der Waals surface area (Å²) >= 11 is 0. The van der Waals surface area contributed by atoms with Gasteiger partial charge >= 0.3 is 12.4 Å². The minimum Gasteiger partial charge on any atom is -0.378 e. The van der Waals surface area contributed by atoms with Gasteiger partial charge in [0.05, 0.1) is 5.69 Å².